The summed E-state index contributed by atoms with van der Waals surface area (Å²) in [5.74, 6) is -0.991. The Morgan fingerprint density at radius 2 is 2.08 bits per heavy atom. The third-order valence-electron chi connectivity index (χ3n) is 3.37. The summed E-state index contributed by atoms with van der Waals surface area (Å²) in [5.41, 5.74) is 0.112. The van der Waals surface area contributed by atoms with Crippen molar-refractivity contribution in [2.24, 2.45) is 0 Å². The molecule has 2 heterocycles. The van der Waals surface area contributed by atoms with Crippen LogP contribution >= 0.6 is 15.9 Å². The van der Waals surface area contributed by atoms with Crippen molar-refractivity contribution in [3.8, 4) is 5.75 Å². The smallest absolute Gasteiger partial charge is 0.405 e. The van der Waals surface area contributed by atoms with E-state index in [1.165, 1.54) is 30.5 Å². The second-order valence-corrected chi connectivity index (χ2v) is 6.07. The number of nitrogens with one attached hydrogen (secondary N) is 2. The molecule has 26 heavy (non-hydrogen) atoms. The predicted molar refractivity (Wildman–Crippen MR) is 87.8 cm³/mol. The third kappa shape index (κ3) is 4.04. The van der Waals surface area contributed by atoms with E-state index in [4.69, 9.17) is 0 Å². The van der Waals surface area contributed by atoms with Gasteiger partial charge < -0.3 is 10.1 Å². The van der Waals surface area contributed by atoms with Crippen molar-refractivity contribution in [2.75, 3.05) is 0 Å². The fourth-order valence-electron chi connectivity index (χ4n) is 2.21. The van der Waals surface area contributed by atoms with E-state index in [1.807, 2.05) is 0 Å². The van der Waals surface area contributed by atoms with Gasteiger partial charge in [0.2, 0.25) is 0 Å². The van der Waals surface area contributed by atoms with Gasteiger partial charge in [-0.1, -0.05) is 22.0 Å². The van der Waals surface area contributed by atoms with E-state index in [0.29, 0.717) is 10.1 Å². The molecule has 1 amide bonds. The molecule has 0 aliphatic rings. The predicted octanol–water partition coefficient (Wildman–Crippen LogP) is 2.61. The number of ether oxygens (including phenoxy) is 1. The van der Waals surface area contributed by atoms with Gasteiger partial charge in [0.25, 0.3) is 5.91 Å². The number of benzene rings is 1. The van der Waals surface area contributed by atoms with Crippen LogP contribution in [0.3, 0.4) is 0 Å². The first-order valence-corrected chi connectivity index (χ1v) is 7.91. The second kappa shape index (κ2) is 6.83. The standard InChI is InChI=1S/C15H10BrF3N4O3/c16-10-3-1-8(11(5-10)26-15(17,18)19)6-20-13(24)9-2-4-12-21-22-14(25)23(12)7-9/h1-5,7H,6H2,(H,20,24)(H,22,25). The lowest BCUT2D eigenvalue weighted by atomic mass is 10.2. The average Bonchev–Trinajstić information content (AvgIpc) is 2.93. The minimum Gasteiger partial charge on any atom is -0.405 e. The summed E-state index contributed by atoms with van der Waals surface area (Å²) in [6, 6.07) is 6.99. The van der Waals surface area contributed by atoms with Crippen molar-refractivity contribution >= 4 is 27.5 Å². The molecule has 0 aliphatic heterocycles. The maximum absolute atomic E-state index is 12.5. The molecule has 0 bridgehead atoms. The normalized spacial score (nSPS) is 11.5. The van der Waals surface area contributed by atoms with Crippen LogP contribution in [0.4, 0.5) is 13.2 Å². The highest BCUT2D eigenvalue weighted by molar-refractivity contribution is 9.10. The lowest BCUT2D eigenvalue weighted by Gasteiger charge is -2.14. The summed E-state index contributed by atoms with van der Waals surface area (Å²) in [4.78, 5) is 23.8. The van der Waals surface area contributed by atoms with Gasteiger partial charge in [-0.2, -0.15) is 5.10 Å². The lowest BCUT2D eigenvalue weighted by Crippen LogP contribution is -2.25. The Balaban J connectivity index is 1.78. The Morgan fingerprint density at radius 3 is 2.81 bits per heavy atom. The quantitative estimate of drug-likeness (QED) is 0.665. The number of carbonyl (C=O) groups excluding carboxylic acids is 1. The van der Waals surface area contributed by atoms with Crippen LogP contribution in [0, 0.1) is 0 Å². The maximum atomic E-state index is 12.5. The number of hydrogen-bond donors (Lipinski definition) is 2. The summed E-state index contributed by atoms with van der Waals surface area (Å²) in [6.07, 6.45) is -3.57. The third-order valence-corrected chi connectivity index (χ3v) is 3.86. The van der Waals surface area contributed by atoms with E-state index >= 15 is 0 Å². The Bertz CT molecular complexity index is 1030. The fourth-order valence-corrected chi connectivity index (χ4v) is 2.55. The monoisotopic (exact) mass is 430 g/mol. The summed E-state index contributed by atoms with van der Waals surface area (Å²) < 4.78 is 43.0. The van der Waals surface area contributed by atoms with Crippen LogP contribution in [0.15, 0.2) is 45.8 Å². The number of pyridine rings is 1. The van der Waals surface area contributed by atoms with Crippen LogP contribution in [0.5, 0.6) is 5.75 Å². The van der Waals surface area contributed by atoms with E-state index in [0.717, 1.165) is 10.5 Å². The van der Waals surface area contributed by atoms with Gasteiger partial charge in [0, 0.05) is 22.8 Å². The van der Waals surface area contributed by atoms with Gasteiger partial charge >= 0.3 is 12.1 Å². The largest absolute Gasteiger partial charge is 0.573 e. The molecular formula is C15H10BrF3N4O3. The first kappa shape index (κ1) is 18.0. The van der Waals surface area contributed by atoms with Crippen LogP contribution in [0.1, 0.15) is 15.9 Å². The fraction of sp³-hybridized carbons (Fsp3) is 0.133. The number of halogens is 4. The van der Waals surface area contributed by atoms with Gasteiger partial charge in [-0.05, 0) is 24.3 Å². The zero-order chi connectivity index (χ0) is 18.9. The van der Waals surface area contributed by atoms with Crippen molar-refractivity contribution in [1.29, 1.82) is 0 Å². The first-order valence-electron chi connectivity index (χ1n) is 7.12. The van der Waals surface area contributed by atoms with Crippen molar-refractivity contribution in [1.82, 2.24) is 19.9 Å². The molecule has 11 heteroatoms. The van der Waals surface area contributed by atoms with Gasteiger partial charge in [-0.25, -0.2) is 14.3 Å². The van der Waals surface area contributed by atoms with E-state index in [1.54, 1.807) is 0 Å². The van der Waals surface area contributed by atoms with E-state index in [2.05, 4.69) is 36.2 Å². The summed E-state index contributed by atoms with van der Waals surface area (Å²) in [5, 5.41) is 8.46. The molecule has 0 aliphatic carbocycles. The number of nitrogens with zero attached hydrogens (tertiary/aromatic N) is 2. The van der Waals surface area contributed by atoms with Crippen LogP contribution in [-0.4, -0.2) is 26.9 Å². The van der Waals surface area contributed by atoms with Crippen molar-refractivity contribution in [3.05, 3.63) is 62.6 Å². The minimum absolute atomic E-state index is 0.139. The second-order valence-electron chi connectivity index (χ2n) is 5.16. The zero-order valence-electron chi connectivity index (χ0n) is 12.8. The molecule has 0 radical (unpaired) electrons. The number of carbonyl (C=O) groups is 1. The molecule has 2 aromatic heterocycles. The number of amides is 1. The molecule has 136 valence electrons. The highest BCUT2D eigenvalue weighted by Gasteiger charge is 2.32. The maximum Gasteiger partial charge on any atom is 0.573 e. The first-order chi connectivity index (χ1) is 12.2. The Labute approximate surface area is 151 Å². The van der Waals surface area contributed by atoms with Gasteiger partial charge in [0.15, 0.2) is 5.65 Å². The highest BCUT2D eigenvalue weighted by Crippen LogP contribution is 2.29. The van der Waals surface area contributed by atoms with Gasteiger partial charge in [0.1, 0.15) is 5.75 Å². The molecule has 0 saturated heterocycles. The van der Waals surface area contributed by atoms with Crippen LogP contribution < -0.4 is 15.7 Å². The molecule has 2 N–H and O–H groups in total. The summed E-state index contributed by atoms with van der Waals surface area (Å²) in [6.45, 7) is -0.199. The lowest BCUT2D eigenvalue weighted by molar-refractivity contribution is -0.274. The number of rotatable bonds is 4. The van der Waals surface area contributed by atoms with Crippen LogP contribution in [0.25, 0.3) is 5.65 Å². The van der Waals surface area contributed by atoms with Gasteiger partial charge in [0.05, 0.1) is 5.56 Å². The molecule has 3 rings (SSSR count). The average molecular weight is 431 g/mol. The molecule has 0 fully saturated rings. The van der Waals surface area contributed by atoms with Crippen LogP contribution in [-0.2, 0) is 6.54 Å². The minimum atomic E-state index is -4.85. The summed E-state index contributed by atoms with van der Waals surface area (Å²) in [7, 11) is 0. The number of aromatic nitrogens is 3. The van der Waals surface area contributed by atoms with Crippen molar-refractivity contribution < 1.29 is 22.7 Å². The number of fused-ring (bicyclic) bond motifs is 1. The van der Waals surface area contributed by atoms with E-state index in [9.17, 15) is 22.8 Å². The molecule has 0 unspecified atom stereocenters. The summed E-state index contributed by atoms with van der Waals surface area (Å²) >= 11 is 3.07. The van der Waals surface area contributed by atoms with E-state index in [-0.39, 0.29) is 17.7 Å². The molecule has 0 saturated carbocycles. The Kier molecular flexibility index (Phi) is 4.72. The molecular weight excluding hydrogens is 421 g/mol. The Hall–Kier alpha value is -2.82. The van der Waals surface area contributed by atoms with Gasteiger partial charge in [-0.3, -0.25) is 4.79 Å². The number of alkyl halides is 3. The molecule has 7 nitrogen and oxygen atoms in total. The van der Waals surface area contributed by atoms with Gasteiger partial charge in [-0.15, -0.1) is 13.2 Å². The molecule has 0 atom stereocenters. The van der Waals surface area contributed by atoms with Crippen LogP contribution in [0.2, 0.25) is 0 Å². The molecule has 1 aromatic carbocycles. The highest BCUT2D eigenvalue weighted by atomic mass is 79.9. The zero-order valence-corrected chi connectivity index (χ0v) is 14.4. The SMILES string of the molecule is O=C(NCc1ccc(Br)cc1OC(F)(F)F)c1ccc2n[nH]c(=O)n2c1. The Morgan fingerprint density at radius 1 is 1.31 bits per heavy atom. The van der Waals surface area contributed by atoms with Crippen molar-refractivity contribution in [2.45, 2.75) is 12.9 Å². The number of H-pyrrole nitrogens is 1. The van der Waals surface area contributed by atoms with Crippen molar-refractivity contribution in [3.63, 3.8) is 0 Å². The number of aromatic amines is 1. The molecule has 3 aromatic rings. The topological polar surface area (TPSA) is 88.5 Å². The molecule has 0 spiro atoms. The van der Waals surface area contributed by atoms with E-state index < -0.39 is 23.7 Å². The number of hydrogen-bond acceptors (Lipinski definition) is 4.